The van der Waals surface area contributed by atoms with Crippen LogP contribution in [0.15, 0.2) is 52.3 Å². The Balaban J connectivity index is 2.17. The first kappa shape index (κ1) is 14.3. The van der Waals surface area contributed by atoms with Gasteiger partial charge in [-0.25, -0.2) is 4.79 Å². The van der Waals surface area contributed by atoms with Crippen LogP contribution in [0, 0.1) is 0 Å². The van der Waals surface area contributed by atoms with E-state index in [0.717, 1.165) is 15.5 Å². The predicted octanol–water partition coefficient (Wildman–Crippen LogP) is 3.34. The third kappa shape index (κ3) is 3.24. The summed E-state index contributed by atoms with van der Waals surface area (Å²) in [6.07, 6.45) is 0. The van der Waals surface area contributed by atoms with Crippen molar-refractivity contribution in [2.45, 2.75) is 9.79 Å². The lowest BCUT2D eigenvalue weighted by atomic mass is 10.2. The van der Waals surface area contributed by atoms with Gasteiger partial charge in [-0.15, -0.1) is 0 Å². The highest BCUT2D eigenvalue weighted by Gasteiger charge is 2.12. The minimum atomic E-state index is -0.552. The molecule has 0 amide bonds. The molecule has 0 spiro atoms. The maximum atomic E-state index is 11.4. The van der Waals surface area contributed by atoms with Crippen LogP contribution in [0.1, 0.15) is 10.4 Å². The van der Waals surface area contributed by atoms with Crippen molar-refractivity contribution in [3.63, 3.8) is 0 Å². The molecule has 0 saturated heterocycles. The van der Waals surface area contributed by atoms with E-state index in [4.69, 9.17) is 4.74 Å². The molecule has 4 nitrogen and oxygen atoms in total. The Hall–Kier alpha value is -2.14. The van der Waals surface area contributed by atoms with Gasteiger partial charge in [0.05, 0.1) is 14.2 Å². The zero-order valence-corrected chi connectivity index (χ0v) is 11.9. The van der Waals surface area contributed by atoms with Crippen LogP contribution >= 0.6 is 11.8 Å². The number of carbonyl (C=O) groups excluding carboxylic acids is 1. The summed E-state index contributed by atoms with van der Waals surface area (Å²) in [4.78, 5) is 13.2. The quantitative estimate of drug-likeness (QED) is 0.875. The van der Waals surface area contributed by atoms with E-state index < -0.39 is 5.97 Å². The molecule has 0 heterocycles. The molecule has 0 fully saturated rings. The number of benzene rings is 2. The normalized spacial score (nSPS) is 10.1. The number of rotatable bonds is 4. The number of carbonyl (C=O) groups is 1. The van der Waals surface area contributed by atoms with Gasteiger partial charge in [0.15, 0.2) is 0 Å². The second kappa shape index (κ2) is 6.34. The number of esters is 1. The standard InChI is InChI=1S/C15H14O4S/c1-18-10-3-5-11(6-4-10)20-12-7-8-13(14(16)9-12)15(17)19-2/h3-9,16H,1-2H3. The molecule has 20 heavy (non-hydrogen) atoms. The SMILES string of the molecule is COC(=O)c1ccc(Sc2ccc(OC)cc2)cc1O. The van der Waals surface area contributed by atoms with Crippen LogP contribution in [0.4, 0.5) is 0 Å². The Morgan fingerprint density at radius 3 is 2.25 bits per heavy atom. The van der Waals surface area contributed by atoms with Crippen LogP contribution in [0.3, 0.4) is 0 Å². The average Bonchev–Trinajstić information content (AvgIpc) is 2.47. The van der Waals surface area contributed by atoms with Crippen LogP contribution in [0.2, 0.25) is 0 Å². The number of hydrogen-bond acceptors (Lipinski definition) is 5. The monoisotopic (exact) mass is 290 g/mol. The Morgan fingerprint density at radius 1 is 1.05 bits per heavy atom. The summed E-state index contributed by atoms with van der Waals surface area (Å²) >= 11 is 1.48. The summed E-state index contributed by atoms with van der Waals surface area (Å²) in [6.45, 7) is 0. The second-order valence-corrected chi connectivity index (χ2v) is 5.10. The number of hydrogen-bond donors (Lipinski definition) is 1. The molecule has 0 unspecified atom stereocenters. The van der Waals surface area contributed by atoms with Crippen molar-refractivity contribution in [3.8, 4) is 11.5 Å². The van der Waals surface area contributed by atoms with E-state index in [1.165, 1.54) is 18.9 Å². The minimum absolute atomic E-state index is 0.0876. The lowest BCUT2D eigenvalue weighted by Crippen LogP contribution is -2.01. The van der Waals surface area contributed by atoms with Gasteiger partial charge >= 0.3 is 5.97 Å². The largest absolute Gasteiger partial charge is 0.507 e. The van der Waals surface area contributed by atoms with E-state index in [0.29, 0.717) is 0 Å². The molecule has 0 aliphatic carbocycles. The van der Waals surface area contributed by atoms with E-state index in [-0.39, 0.29) is 11.3 Å². The number of phenolic OH excluding ortho intramolecular Hbond substituents is 1. The minimum Gasteiger partial charge on any atom is -0.507 e. The molecule has 0 bridgehead atoms. The molecule has 2 aromatic rings. The van der Waals surface area contributed by atoms with Gasteiger partial charge in [-0.05, 0) is 42.5 Å². The second-order valence-electron chi connectivity index (χ2n) is 3.95. The average molecular weight is 290 g/mol. The van der Waals surface area contributed by atoms with Gasteiger partial charge in [-0.3, -0.25) is 0 Å². The van der Waals surface area contributed by atoms with Gasteiger partial charge in [0.25, 0.3) is 0 Å². The third-order valence-electron chi connectivity index (χ3n) is 2.67. The molecule has 0 aromatic heterocycles. The van der Waals surface area contributed by atoms with Gasteiger partial charge < -0.3 is 14.6 Å². The van der Waals surface area contributed by atoms with Gasteiger partial charge in [-0.1, -0.05) is 11.8 Å². The number of ether oxygens (including phenoxy) is 2. The first-order chi connectivity index (χ1) is 9.63. The van der Waals surface area contributed by atoms with Gasteiger partial charge in [0.2, 0.25) is 0 Å². The van der Waals surface area contributed by atoms with Gasteiger partial charge in [0, 0.05) is 9.79 Å². The van der Waals surface area contributed by atoms with E-state index >= 15 is 0 Å². The number of phenols is 1. The maximum Gasteiger partial charge on any atom is 0.341 e. The highest BCUT2D eigenvalue weighted by molar-refractivity contribution is 7.99. The van der Waals surface area contributed by atoms with Gasteiger partial charge in [0.1, 0.15) is 17.1 Å². The van der Waals surface area contributed by atoms with Crippen molar-refractivity contribution < 1.29 is 19.4 Å². The fraction of sp³-hybridized carbons (Fsp3) is 0.133. The Kier molecular flexibility index (Phi) is 4.53. The Morgan fingerprint density at radius 2 is 1.70 bits per heavy atom. The number of aromatic hydroxyl groups is 1. The van der Waals surface area contributed by atoms with E-state index in [1.807, 2.05) is 24.3 Å². The first-order valence-electron chi connectivity index (χ1n) is 5.87. The smallest absolute Gasteiger partial charge is 0.341 e. The molecule has 104 valence electrons. The molecule has 0 aliphatic rings. The highest BCUT2D eigenvalue weighted by Crippen LogP contribution is 2.32. The molecular formula is C15H14O4S. The highest BCUT2D eigenvalue weighted by atomic mass is 32.2. The Labute approximate surface area is 121 Å². The molecule has 2 rings (SSSR count). The Bertz CT molecular complexity index is 608. The van der Waals surface area contributed by atoms with Gasteiger partial charge in [-0.2, -0.15) is 0 Å². The topological polar surface area (TPSA) is 55.8 Å². The van der Waals surface area contributed by atoms with E-state index in [2.05, 4.69) is 4.74 Å². The molecule has 0 radical (unpaired) electrons. The van der Waals surface area contributed by atoms with Crippen molar-refractivity contribution in [3.05, 3.63) is 48.0 Å². The fourth-order valence-electron chi connectivity index (χ4n) is 1.64. The lowest BCUT2D eigenvalue weighted by Gasteiger charge is -2.06. The molecule has 1 N–H and O–H groups in total. The van der Waals surface area contributed by atoms with Crippen LogP contribution in [-0.4, -0.2) is 25.3 Å². The van der Waals surface area contributed by atoms with Crippen LogP contribution in [-0.2, 0) is 4.74 Å². The fourth-order valence-corrected chi connectivity index (χ4v) is 2.49. The molecule has 0 atom stereocenters. The lowest BCUT2D eigenvalue weighted by molar-refractivity contribution is 0.0597. The molecule has 2 aromatic carbocycles. The van der Waals surface area contributed by atoms with Crippen molar-refractivity contribution in [1.82, 2.24) is 0 Å². The summed E-state index contributed by atoms with van der Waals surface area (Å²) in [7, 11) is 2.90. The van der Waals surface area contributed by atoms with Crippen LogP contribution in [0.5, 0.6) is 11.5 Å². The molecular weight excluding hydrogens is 276 g/mol. The molecule has 0 saturated carbocycles. The molecule has 5 heteroatoms. The number of methoxy groups -OCH3 is 2. The summed E-state index contributed by atoms with van der Waals surface area (Å²) in [6, 6.07) is 12.4. The zero-order valence-electron chi connectivity index (χ0n) is 11.1. The summed E-state index contributed by atoms with van der Waals surface area (Å²) < 4.78 is 9.67. The predicted molar refractivity (Wildman–Crippen MR) is 76.6 cm³/mol. The van der Waals surface area contributed by atoms with E-state index in [9.17, 15) is 9.90 Å². The summed E-state index contributed by atoms with van der Waals surface area (Å²) in [5.41, 5.74) is 0.159. The van der Waals surface area contributed by atoms with E-state index in [1.54, 1.807) is 25.3 Å². The summed E-state index contributed by atoms with van der Waals surface area (Å²) in [5, 5.41) is 9.82. The van der Waals surface area contributed by atoms with Crippen molar-refractivity contribution in [2.75, 3.05) is 14.2 Å². The van der Waals surface area contributed by atoms with Crippen molar-refractivity contribution >= 4 is 17.7 Å². The zero-order chi connectivity index (χ0) is 14.5. The third-order valence-corrected chi connectivity index (χ3v) is 3.67. The molecule has 0 aliphatic heterocycles. The summed E-state index contributed by atoms with van der Waals surface area (Å²) in [5.74, 6) is 0.150. The van der Waals surface area contributed by atoms with Crippen molar-refractivity contribution in [1.29, 1.82) is 0 Å². The maximum absolute atomic E-state index is 11.4. The van der Waals surface area contributed by atoms with Crippen LogP contribution < -0.4 is 4.74 Å². The first-order valence-corrected chi connectivity index (χ1v) is 6.69. The van der Waals surface area contributed by atoms with Crippen molar-refractivity contribution in [2.24, 2.45) is 0 Å². The van der Waals surface area contributed by atoms with Crippen LogP contribution in [0.25, 0.3) is 0 Å².